The molecule has 5 heteroatoms. The number of carbonyl (C=O) groups is 1. The van der Waals surface area contributed by atoms with Gasteiger partial charge >= 0.3 is 5.97 Å². The first-order chi connectivity index (χ1) is 5.25. The Balaban J connectivity index is 2.87. The van der Waals surface area contributed by atoms with E-state index in [0.29, 0.717) is 11.5 Å². The molecule has 0 atom stereocenters. The molecule has 0 aliphatic heterocycles. The maximum atomic E-state index is 10.4. The predicted molar refractivity (Wildman–Crippen MR) is 40.7 cm³/mol. The predicted octanol–water partition coefficient (Wildman–Crippen LogP) is 1.24. The quantitative estimate of drug-likeness (QED) is 0.744. The summed E-state index contributed by atoms with van der Waals surface area (Å²) in [5, 5.41) is 12.0. The largest absolute Gasteiger partial charge is 0.478 e. The smallest absolute Gasteiger partial charge is 0.341 e. The van der Waals surface area contributed by atoms with Gasteiger partial charge in [0.05, 0.1) is 11.9 Å². The van der Waals surface area contributed by atoms with Crippen molar-refractivity contribution in [1.82, 2.24) is 5.16 Å². The molecule has 0 aliphatic carbocycles. The summed E-state index contributed by atoms with van der Waals surface area (Å²) in [4.78, 5) is 10.4. The van der Waals surface area contributed by atoms with Gasteiger partial charge in [0, 0.05) is 0 Å². The van der Waals surface area contributed by atoms with Crippen molar-refractivity contribution in [3.05, 3.63) is 17.5 Å². The van der Waals surface area contributed by atoms with Crippen LogP contribution in [-0.4, -0.2) is 22.5 Å². The van der Waals surface area contributed by atoms with Gasteiger partial charge in [-0.3, -0.25) is 0 Å². The average Bonchev–Trinajstić information content (AvgIpc) is 2.36. The van der Waals surface area contributed by atoms with Crippen LogP contribution in [0.1, 0.15) is 16.1 Å². The summed E-state index contributed by atoms with van der Waals surface area (Å²) in [6, 6.07) is 0. The van der Waals surface area contributed by atoms with Crippen LogP contribution in [0.4, 0.5) is 0 Å². The highest BCUT2D eigenvalue weighted by Gasteiger charge is 2.13. The van der Waals surface area contributed by atoms with Crippen molar-refractivity contribution in [2.24, 2.45) is 0 Å². The lowest BCUT2D eigenvalue weighted by Gasteiger charge is -1.91. The third kappa shape index (κ3) is 1.74. The average molecular weight is 173 g/mol. The van der Waals surface area contributed by atoms with Gasteiger partial charge in [-0.1, -0.05) is 5.16 Å². The van der Waals surface area contributed by atoms with E-state index in [1.165, 1.54) is 18.0 Å². The number of aromatic carboxylic acids is 1. The third-order valence-corrected chi connectivity index (χ3v) is 1.70. The highest BCUT2D eigenvalue weighted by atomic mass is 32.2. The van der Waals surface area contributed by atoms with Crippen LogP contribution in [0.15, 0.2) is 10.7 Å². The molecule has 1 aromatic rings. The van der Waals surface area contributed by atoms with Crippen LogP contribution in [0.25, 0.3) is 0 Å². The first-order valence-corrected chi connectivity index (χ1v) is 4.31. The Morgan fingerprint density at radius 3 is 3.18 bits per heavy atom. The lowest BCUT2D eigenvalue weighted by molar-refractivity contribution is 0.0695. The van der Waals surface area contributed by atoms with Crippen molar-refractivity contribution in [2.45, 2.75) is 5.75 Å². The normalized spacial score (nSPS) is 9.91. The highest BCUT2D eigenvalue weighted by Crippen LogP contribution is 2.13. The number of carboxylic acids is 1. The first-order valence-electron chi connectivity index (χ1n) is 2.91. The highest BCUT2D eigenvalue weighted by molar-refractivity contribution is 7.97. The molecule has 4 nitrogen and oxygen atoms in total. The molecular weight excluding hydrogens is 166 g/mol. The van der Waals surface area contributed by atoms with Crippen LogP contribution in [0, 0.1) is 0 Å². The zero-order valence-corrected chi connectivity index (χ0v) is 6.72. The Labute approximate surface area is 67.6 Å². The SMILES string of the molecule is CSCc1oncc1C(=O)O. The summed E-state index contributed by atoms with van der Waals surface area (Å²) in [6.45, 7) is 0. The molecule has 0 amide bonds. The van der Waals surface area contributed by atoms with Crippen molar-refractivity contribution >= 4 is 17.7 Å². The van der Waals surface area contributed by atoms with E-state index in [1.54, 1.807) is 0 Å². The zero-order valence-electron chi connectivity index (χ0n) is 5.90. The van der Waals surface area contributed by atoms with Gasteiger partial charge in [-0.25, -0.2) is 4.79 Å². The molecule has 11 heavy (non-hydrogen) atoms. The minimum absolute atomic E-state index is 0.152. The minimum Gasteiger partial charge on any atom is -0.478 e. The van der Waals surface area contributed by atoms with Crippen LogP contribution < -0.4 is 0 Å². The molecule has 0 saturated heterocycles. The maximum absolute atomic E-state index is 10.4. The molecule has 1 aromatic heterocycles. The van der Waals surface area contributed by atoms with E-state index >= 15 is 0 Å². The summed E-state index contributed by atoms with van der Waals surface area (Å²) in [5.41, 5.74) is 0.152. The summed E-state index contributed by atoms with van der Waals surface area (Å²) in [6.07, 6.45) is 3.09. The Morgan fingerprint density at radius 1 is 1.91 bits per heavy atom. The Hall–Kier alpha value is -0.970. The van der Waals surface area contributed by atoms with Crippen LogP contribution in [0.2, 0.25) is 0 Å². The van der Waals surface area contributed by atoms with E-state index in [9.17, 15) is 4.79 Å². The van der Waals surface area contributed by atoms with E-state index in [-0.39, 0.29) is 5.56 Å². The Bertz CT molecular complexity index is 258. The van der Waals surface area contributed by atoms with Gasteiger partial charge in [0.25, 0.3) is 0 Å². The molecule has 0 unspecified atom stereocenters. The maximum Gasteiger partial charge on any atom is 0.341 e. The van der Waals surface area contributed by atoms with E-state index in [2.05, 4.69) is 5.16 Å². The molecule has 0 fully saturated rings. The first kappa shape index (κ1) is 8.13. The summed E-state index contributed by atoms with van der Waals surface area (Å²) in [7, 11) is 0. The van der Waals surface area contributed by atoms with E-state index in [4.69, 9.17) is 9.63 Å². The van der Waals surface area contributed by atoms with Crippen molar-refractivity contribution in [3.8, 4) is 0 Å². The third-order valence-electron chi connectivity index (χ3n) is 1.15. The fourth-order valence-corrected chi connectivity index (χ4v) is 1.14. The van der Waals surface area contributed by atoms with Gasteiger partial charge in [0.2, 0.25) is 0 Å². The topological polar surface area (TPSA) is 63.3 Å². The number of carboxylic acid groups (broad SMARTS) is 1. The van der Waals surface area contributed by atoms with Crippen LogP contribution in [0.5, 0.6) is 0 Å². The molecule has 0 saturated carbocycles. The molecule has 60 valence electrons. The van der Waals surface area contributed by atoms with E-state index < -0.39 is 5.97 Å². The molecule has 0 aromatic carbocycles. The molecule has 0 radical (unpaired) electrons. The number of aromatic nitrogens is 1. The van der Waals surface area contributed by atoms with Gasteiger partial charge < -0.3 is 9.63 Å². The van der Waals surface area contributed by atoms with E-state index in [0.717, 1.165) is 0 Å². The minimum atomic E-state index is -0.990. The lowest BCUT2D eigenvalue weighted by atomic mass is 10.3. The van der Waals surface area contributed by atoms with Crippen molar-refractivity contribution in [2.75, 3.05) is 6.26 Å². The fourth-order valence-electron chi connectivity index (χ4n) is 0.674. The van der Waals surface area contributed by atoms with Crippen LogP contribution >= 0.6 is 11.8 Å². The van der Waals surface area contributed by atoms with Crippen molar-refractivity contribution < 1.29 is 14.4 Å². The van der Waals surface area contributed by atoms with Gasteiger partial charge in [-0.15, -0.1) is 0 Å². The van der Waals surface area contributed by atoms with Gasteiger partial charge in [0.1, 0.15) is 5.56 Å². The molecule has 1 rings (SSSR count). The van der Waals surface area contributed by atoms with Gasteiger partial charge in [-0.2, -0.15) is 11.8 Å². The van der Waals surface area contributed by atoms with Gasteiger partial charge in [-0.05, 0) is 6.26 Å². The van der Waals surface area contributed by atoms with Crippen molar-refractivity contribution in [3.63, 3.8) is 0 Å². The fraction of sp³-hybridized carbons (Fsp3) is 0.333. The molecule has 0 spiro atoms. The lowest BCUT2D eigenvalue weighted by Crippen LogP contribution is -1.97. The molecule has 0 bridgehead atoms. The Morgan fingerprint density at radius 2 is 2.64 bits per heavy atom. The number of thioether (sulfide) groups is 1. The second-order valence-electron chi connectivity index (χ2n) is 1.90. The summed E-state index contributed by atoms with van der Waals surface area (Å²) in [5.74, 6) is -0.0259. The Kier molecular flexibility index (Phi) is 2.53. The number of hydrogen-bond donors (Lipinski definition) is 1. The summed E-state index contributed by atoms with van der Waals surface area (Å²) < 4.78 is 4.71. The number of nitrogens with zero attached hydrogens (tertiary/aromatic N) is 1. The van der Waals surface area contributed by atoms with Crippen LogP contribution in [0.3, 0.4) is 0 Å². The second kappa shape index (κ2) is 3.43. The monoisotopic (exact) mass is 173 g/mol. The molecular formula is C6H7NO3S. The van der Waals surface area contributed by atoms with Crippen LogP contribution in [-0.2, 0) is 5.75 Å². The number of hydrogen-bond acceptors (Lipinski definition) is 4. The number of rotatable bonds is 3. The summed E-state index contributed by atoms with van der Waals surface area (Å²) >= 11 is 1.49. The van der Waals surface area contributed by atoms with Crippen molar-refractivity contribution in [1.29, 1.82) is 0 Å². The van der Waals surface area contributed by atoms with E-state index in [1.807, 2.05) is 6.26 Å². The standard InChI is InChI=1S/C6H7NO3S/c1-11-3-5-4(6(8)9)2-7-10-5/h2H,3H2,1H3,(H,8,9). The molecule has 1 N–H and O–H groups in total. The molecule has 1 heterocycles. The molecule has 0 aliphatic rings. The second-order valence-corrected chi connectivity index (χ2v) is 2.77. The van der Waals surface area contributed by atoms with Gasteiger partial charge in [0.15, 0.2) is 5.76 Å². The zero-order chi connectivity index (χ0) is 8.27.